The Kier molecular flexibility index (Phi) is 6.03. The zero-order valence-corrected chi connectivity index (χ0v) is 8.08. The van der Waals surface area contributed by atoms with Gasteiger partial charge >= 0.3 is 0 Å². The molecule has 0 amide bonds. The lowest BCUT2D eigenvalue weighted by Gasteiger charge is -2.17. The molecule has 2 heteroatoms. The van der Waals surface area contributed by atoms with Gasteiger partial charge in [-0.05, 0) is 18.4 Å². The first-order valence-electron chi connectivity index (χ1n) is 4.68. The topological polar surface area (TPSA) is 40.5 Å². The SMILES string of the molecule is C=C(C(O)CCC)C(O)CCC. The van der Waals surface area contributed by atoms with E-state index in [-0.39, 0.29) is 0 Å². The standard InChI is InChI=1S/C10H20O2/c1-4-6-9(11)8(3)10(12)7-5-2/h9-12H,3-7H2,1-2H3. The first-order valence-corrected chi connectivity index (χ1v) is 4.68. The largest absolute Gasteiger partial charge is 0.389 e. The molecule has 0 heterocycles. The van der Waals surface area contributed by atoms with Crippen molar-refractivity contribution in [3.05, 3.63) is 12.2 Å². The summed E-state index contributed by atoms with van der Waals surface area (Å²) in [6.07, 6.45) is 2.16. The van der Waals surface area contributed by atoms with Gasteiger partial charge in [0.25, 0.3) is 0 Å². The van der Waals surface area contributed by atoms with Crippen molar-refractivity contribution in [3.8, 4) is 0 Å². The third kappa shape index (κ3) is 3.88. The van der Waals surface area contributed by atoms with Crippen LogP contribution in [-0.4, -0.2) is 22.4 Å². The Morgan fingerprint density at radius 2 is 1.42 bits per heavy atom. The van der Waals surface area contributed by atoms with Crippen molar-refractivity contribution in [2.24, 2.45) is 0 Å². The lowest BCUT2D eigenvalue weighted by molar-refractivity contribution is 0.132. The molecule has 2 unspecified atom stereocenters. The van der Waals surface area contributed by atoms with E-state index in [1.54, 1.807) is 0 Å². The molecule has 0 fully saturated rings. The average Bonchev–Trinajstić information content (AvgIpc) is 2.04. The predicted molar refractivity (Wildman–Crippen MR) is 51.0 cm³/mol. The Hall–Kier alpha value is -0.340. The van der Waals surface area contributed by atoms with Crippen LogP contribution in [0.3, 0.4) is 0 Å². The predicted octanol–water partition coefficient (Wildman–Crippen LogP) is 1.86. The van der Waals surface area contributed by atoms with Crippen molar-refractivity contribution in [3.63, 3.8) is 0 Å². The summed E-state index contributed by atoms with van der Waals surface area (Å²) in [7, 11) is 0. The van der Waals surface area contributed by atoms with E-state index in [4.69, 9.17) is 0 Å². The highest BCUT2D eigenvalue weighted by atomic mass is 16.3. The van der Waals surface area contributed by atoms with E-state index in [0.717, 1.165) is 12.8 Å². The van der Waals surface area contributed by atoms with Gasteiger partial charge in [-0.2, -0.15) is 0 Å². The zero-order valence-electron chi connectivity index (χ0n) is 8.08. The molecule has 0 bridgehead atoms. The smallest absolute Gasteiger partial charge is 0.0772 e. The monoisotopic (exact) mass is 172 g/mol. The van der Waals surface area contributed by atoms with Crippen LogP contribution in [0.15, 0.2) is 12.2 Å². The van der Waals surface area contributed by atoms with E-state index >= 15 is 0 Å². The van der Waals surface area contributed by atoms with Gasteiger partial charge in [0, 0.05) is 0 Å². The molecule has 2 N–H and O–H groups in total. The molecule has 0 aliphatic rings. The van der Waals surface area contributed by atoms with Crippen molar-refractivity contribution in [1.82, 2.24) is 0 Å². The van der Waals surface area contributed by atoms with E-state index in [1.807, 2.05) is 13.8 Å². The molecule has 0 spiro atoms. The highest BCUT2D eigenvalue weighted by Gasteiger charge is 2.14. The molecule has 0 saturated heterocycles. The second-order valence-electron chi connectivity index (χ2n) is 3.18. The Morgan fingerprint density at radius 1 is 1.08 bits per heavy atom. The van der Waals surface area contributed by atoms with Crippen LogP contribution >= 0.6 is 0 Å². The molecule has 0 aromatic carbocycles. The van der Waals surface area contributed by atoms with Gasteiger partial charge in [-0.3, -0.25) is 0 Å². The molecule has 72 valence electrons. The minimum atomic E-state index is -0.531. The van der Waals surface area contributed by atoms with Crippen molar-refractivity contribution in [2.75, 3.05) is 0 Å². The maximum absolute atomic E-state index is 9.46. The number of hydrogen-bond acceptors (Lipinski definition) is 2. The Morgan fingerprint density at radius 3 is 1.67 bits per heavy atom. The molecule has 0 aromatic rings. The van der Waals surface area contributed by atoms with Gasteiger partial charge in [0.05, 0.1) is 12.2 Å². The maximum Gasteiger partial charge on any atom is 0.0772 e. The molecular formula is C10H20O2. The fraction of sp³-hybridized carbons (Fsp3) is 0.800. The average molecular weight is 172 g/mol. The third-order valence-corrected chi connectivity index (χ3v) is 1.98. The molecule has 0 aliphatic carbocycles. The number of hydrogen-bond donors (Lipinski definition) is 2. The Bertz CT molecular complexity index is 118. The number of aliphatic hydroxyl groups is 2. The van der Waals surface area contributed by atoms with Gasteiger partial charge in [0.2, 0.25) is 0 Å². The van der Waals surface area contributed by atoms with Gasteiger partial charge < -0.3 is 10.2 Å². The van der Waals surface area contributed by atoms with Crippen molar-refractivity contribution in [2.45, 2.75) is 51.7 Å². The molecule has 0 radical (unpaired) electrons. The van der Waals surface area contributed by atoms with Crippen LogP contribution in [0.2, 0.25) is 0 Å². The summed E-state index contributed by atoms with van der Waals surface area (Å²) < 4.78 is 0. The molecule has 0 rings (SSSR count). The van der Waals surface area contributed by atoms with Crippen LogP contribution in [0, 0.1) is 0 Å². The normalized spacial score (nSPS) is 15.7. The highest BCUT2D eigenvalue weighted by molar-refractivity contribution is 5.07. The van der Waals surface area contributed by atoms with Crippen molar-refractivity contribution < 1.29 is 10.2 Å². The lowest BCUT2D eigenvalue weighted by Crippen LogP contribution is -2.20. The Balaban J connectivity index is 3.82. The number of rotatable bonds is 6. The van der Waals surface area contributed by atoms with E-state index in [9.17, 15) is 10.2 Å². The van der Waals surface area contributed by atoms with Crippen molar-refractivity contribution >= 4 is 0 Å². The van der Waals surface area contributed by atoms with Crippen LogP contribution in [0.25, 0.3) is 0 Å². The first-order chi connectivity index (χ1) is 5.63. The second kappa shape index (κ2) is 6.21. The van der Waals surface area contributed by atoms with E-state index in [0.29, 0.717) is 18.4 Å². The van der Waals surface area contributed by atoms with Crippen LogP contribution < -0.4 is 0 Å². The summed E-state index contributed by atoms with van der Waals surface area (Å²) >= 11 is 0. The van der Waals surface area contributed by atoms with Crippen LogP contribution in [0.5, 0.6) is 0 Å². The first kappa shape index (κ1) is 11.7. The third-order valence-electron chi connectivity index (χ3n) is 1.98. The summed E-state index contributed by atoms with van der Waals surface area (Å²) in [5, 5.41) is 18.9. The molecule has 2 atom stereocenters. The summed E-state index contributed by atoms with van der Waals surface area (Å²) in [5.41, 5.74) is 0.568. The van der Waals surface area contributed by atoms with E-state index < -0.39 is 12.2 Å². The summed E-state index contributed by atoms with van der Waals surface area (Å²) in [5.74, 6) is 0. The van der Waals surface area contributed by atoms with E-state index in [2.05, 4.69) is 6.58 Å². The summed E-state index contributed by atoms with van der Waals surface area (Å²) in [6.45, 7) is 7.70. The fourth-order valence-electron chi connectivity index (χ4n) is 1.14. The van der Waals surface area contributed by atoms with Crippen LogP contribution in [-0.2, 0) is 0 Å². The number of aliphatic hydroxyl groups excluding tert-OH is 2. The molecular weight excluding hydrogens is 152 g/mol. The van der Waals surface area contributed by atoms with Gasteiger partial charge in [0.1, 0.15) is 0 Å². The molecule has 2 nitrogen and oxygen atoms in total. The maximum atomic E-state index is 9.46. The molecule has 0 saturated carbocycles. The van der Waals surface area contributed by atoms with Gasteiger partial charge in [-0.1, -0.05) is 33.3 Å². The molecule has 12 heavy (non-hydrogen) atoms. The van der Waals surface area contributed by atoms with E-state index in [1.165, 1.54) is 0 Å². The van der Waals surface area contributed by atoms with Crippen LogP contribution in [0.1, 0.15) is 39.5 Å². The summed E-state index contributed by atoms with van der Waals surface area (Å²) in [6, 6.07) is 0. The molecule has 0 aromatic heterocycles. The quantitative estimate of drug-likeness (QED) is 0.600. The Labute approximate surface area is 74.9 Å². The van der Waals surface area contributed by atoms with Gasteiger partial charge in [0.15, 0.2) is 0 Å². The lowest BCUT2D eigenvalue weighted by atomic mass is 9.99. The van der Waals surface area contributed by atoms with Crippen molar-refractivity contribution in [1.29, 1.82) is 0 Å². The highest BCUT2D eigenvalue weighted by Crippen LogP contribution is 2.14. The summed E-state index contributed by atoms with van der Waals surface area (Å²) in [4.78, 5) is 0. The fourth-order valence-corrected chi connectivity index (χ4v) is 1.14. The minimum Gasteiger partial charge on any atom is -0.389 e. The second-order valence-corrected chi connectivity index (χ2v) is 3.18. The van der Waals surface area contributed by atoms with Crippen LogP contribution in [0.4, 0.5) is 0 Å². The molecule has 0 aliphatic heterocycles. The minimum absolute atomic E-state index is 0.531. The zero-order chi connectivity index (χ0) is 9.56. The van der Waals surface area contributed by atoms with Gasteiger partial charge in [-0.25, -0.2) is 0 Å². The van der Waals surface area contributed by atoms with Gasteiger partial charge in [-0.15, -0.1) is 0 Å².